The Morgan fingerprint density at radius 1 is 1.20 bits per heavy atom. The number of aryl methyl sites for hydroxylation is 1. The first-order valence-corrected chi connectivity index (χ1v) is 10.3. The number of ether oxygens (including phenoxy) is 1. The van der Waals surface area contributed by atoms with Gasteiger partial charge in [0.25, 0.3) is 5.91 Å². The van der Waals surface area contributed by atoms with Crippen LogP contribution in [0.2, 0.25) is 0 Å². The summed E-state index contributed by atoms with van der Waals surface area (Å²) < 4.78 is 7.59. The molecule has 1 atom stereocenters. The van der Waals surface area contributed by atoms with E-state index < -0.39 is 0 Å². The second-order valence-electron chi connectivity index (χ2n) is 7.93. The maximum Gasteiger partial charge on any atom is 0.272 e. The summed E-state index contributed by atoms with van der Waals surface area (Å²) in [5.74, 6) is 0.904. The molecule has 0 aliphatic carbocycles. The maximum atomic E-state index is 13.2. The van der Waals surface area contributed by atoms with Crippen LogP contribution in [0.15, 0.2) is 54.9 Å². The molecular weight excluding hydrogens is 378 g/mol. The molecule has 154 valence electrons. The lowest BCUT2D eigenvalue weighted by molar-refractivity contribution is 0.0775. The molecule has 1 unspecified atom stereocenters. The Balaban J connectivity index is 1.56. The van der Waals surface area contributed by atoms with Gasteiger partial charge in [0.05, 0.1) is 18.0 Å². The number of carbonyl (C=O) groups is 1. The van der Waals surface area contributed by atoms with Crippen LogP contribution in [0.5, 0.6) is 0 Å². The summed E-state index contributed by atoms with van der Waals surface area (Å²) in [4.78, 5) is 26.7. The van der Waals surface area contributed by atoms with Crippen LogP contribution in [0.3, 0.4) is 0 Å². The summed E-state index contributed by atoms with van der Waals surface area (Å²) in [5.41, 5.74) is 3.27. The molecule has 2 aliphatic heterocycles. The lowest BCUT2D eigenvalue weighted by Crippen LogP contribution is -2.53. The van der Waals surface area contributed by atoms with Crippen molar-refractivity contribution >= 4 is 11.6 Å². The third-order valence-corrected chi connectivity index (χ3v) is 6.19. The van der Waals surface area contributed by atoms with Gasteiger partial charge in [0, 0.05) is 44.8 Å². The molecule has 0 saturated carbocycles. The van der Waals surface area contributed by atoms with Crippen molar-refractivity contribution in [3.05, 3.63) is 71.9 Å². The van der Waals surface area contributed by atoms with Crippen molar-refractivity contribution in [1.29, 1.82) is 0 Å². The zero-order valence-corrected chi connectivity index (χ0v) is 17.3. The van der Waals surface area contributed by atoms with Crippen LogP contribution in [0, 0.1) is 6.92 Å². The van der Waals surface area contributed by atoms with Crippen molar-refractivity contribution in [2.75, 3.05) is 38.3 Å². The fourth-order valence-electron chi connectivity index (χ4n) is 4.84. The van der Waals surface area contributed by atoms with Crippen molar-refractivity contribution in [3.8, 4) is 5.82 Å². The maximum absolute atomic E-state index is 13.2. The Labute approximate surface area is 175 Å². The third kappa shape index (κ3) is 2.81. The van der Waals surface area contributed by atoms with Gasteiger partial charge in [-0.05, 0) is 49.7 Å². The van der Waals surface area contributed by atoms with Gasteiger partial charge in [-0.3, -0.25) is 4.79 Å². The van der Waals surface area contributed by atoms with E-state index in [4.69, 9.17) is 4.74 Å². The second kappa shape index (κ2) is 7.25. The smallest absolute Gasteiger partial charge is 0.272 e. The topological polar surface area (TPSA) is 63.5 Å². The zero-order valence-electron chi connectivity index (χ0n) is 17.3. The quantitative estimate of drug-likeness (QED) is 0.670. The van der Waals surface area contributed by atoms with Crippen LogP contribution in [0.4, 0.5) is 5.69 Å². The number of hydrogen-bond donors (Lipinski definition) is 0. The van der Waals surface area contributed by atoms with Crippen molar-refractivity contribution in [2.45, 2.75) is 18.9 Å². The normalized spacial score (nSPS) is 19.8. The molecule has 1 saturated heterocycles. The van der Waals surface area contributed by atoms with Crippen LogP contribution in [-0.2, 0) is 10.3 Å². The van der Waals surface area contributed by atoms with Crippen LogP contribution in [0.1, 0.15) is 28.3 Å². The molecular formula is C23H25N5O2. The number of likely N-dealkylation sites (tertiary alicyclic amines) is 1. The minimum absolute atomic E-state index is 0.0163. The first-order chi connectivity index (χ1) is 14.6. The van der Waals surface area contributed by atoms with Gasteiger partial charge in [0.15, 0.2) is 5.82 Å². The average molecular weight is 403 g/mol. The van der Waals surface area contributed by atoms with Gasteiger partial charge in [-0.25, -0.2) is 9.97 Å². The summed E-state index contributed by atoms with van der Waals surface area (Å²) in [6.45, 7) is 4.52. The highest BCUT2D eigenvalue weighted by Crippen LogP contribution is 2.46. The van der Waals surface area contributed by atoms with E-state index in [1.54, 1.807) is 13.2 Å². The molecule has 0 bridgehead atoms. The van der Waals surface area contributed by atoms with E-state index in [-0.39, 0.29) is 11.4 Å². The van der Waals surface area contributed by atoms with E-state index in [1.807, 2.05) is 36.2 Å². The first kappa shape index (κ1) is 18.8. The zero-order chi connectivity index (χ0) is 20.7. The van der Waals surface area contributed by atoms with Gasteiger partial charge >= 0.3 is 0 Å². The van der Waals surface area contributed by atoms with E-state index in [1.165, 1.54) is 0 Å². The monoisotopic (exact) mass is 403 g/mol. The van der Waals surface area contributed by atoms with Gasteiger partial charge in [-0.15, -0.1) is 0 Å². The molecule has 2 aliphatic rings. The Bertz CT molecular complexity index is 1090. The molecule has 3 aromatic heterocycles. The summed E-state index contributed by atoms with van der Waals surface area (Å²) in [7, 11) is 1.72. The second-order valence-corrected chi connectivity index (χ2v) is 7.93. The summed E-state index contributed by atoms with van der Waals surface area (Å²) in [5, 5.41) is 0. The molecule has 1 spiro atoms. The standard InChI is InChI=1S/C23H25N5O2/c1-17-6-3-7-18(25-17)22(29)26-13-10-23(16-26)20-9-5-12-27(20)21-19(8-4-11-24-21)28(23)14-15-30-2/h3-9,11-12H,10,13-16H2,1-2H3. The first-order valence-electron chi connectivity index (χ1n) is 10.3. The number of rotatable bonds is 4. The van der Waals surface area contributed by atoms with Crippen LogP contribution < -0.4 is 4.90 Å². The molecule has 5 rings (SSSR count). The van der Waals surface area contributed by atoms with E-state index >= 15 is 0 Å². The summed E-state index contributed by atoms with van der Waals surface area (Å²) >= 11 is 0. The van der Waals surface area contributed by atoms with Gasteiger partial charge in [0.2, 0.25) is 0 Å². The van der Waals surface area contributed by atoms with Crippen molar-refractivity contribution < 1.29 is 9.53 Å². The van der Waals surface area contributed by atoms with Gasteiger partial charge < -0.3 is 19.1 Å². The number of hydrogen-bond acceptors (Lipinski definition) is 5. The van der Waals surface area contributed by atoms with Crippen LogP contribution >= 0.6 is 0 Å². The molecule has 0 radical (unpaired) electrons. The molecule has 7 nitrogen and oxygen atoms in total. The number of anilines is 1. The Morgan fingerprint density at radius 2 is 2.10 bits per heavy atom. The lowest BCUT2D eigenvalue weighted by atomic mass is 9.89. The van der Waals surface area contributed by atoms with Gasteiger partial charge in [-0.2, -0.15) is 0 Å². The van der Waals surface area contributed by atoms with E-state index in [0.717, 1.165) is 35.9 Å². The summed E-state index contributed by atoms with van der Waals surface area (Å²) in [6, 6.07) is 13.9. The highest BCUT2D eigenvalue weighted by Gasteiger charge is 2.50. The van der Waals surface area contributed by atoms with E-state index in [0.29, 0.717) is 25.4 Å². The number of nitrogens with zero attached hydrogens (tertiary/aromatic N) is 5. The highest BCUT2D eigenvalue weighted by molar-refractivity contribution is 5.92. The van der Waals surface area contributed by atoms with Crippen molar-refractivity contribution in [3.63, 3.8) is 0 Å². The third-order valence-electron chi connectivity index (χ3n) is 6.19. The van der Waals surface area contributed by atoms with Crippen LogP contribution in [-0.4, -0.2) is 58.7 Å². The SMILES string of the molecule is COCCN1c2cccnc2-n2cccc2C12CCN(C(=O)c1cccc(C)n1)C2. The lowest BCUT2D eigenvalue weighted by Gasteiger charge is -2.47. The average Bonchev–Trinajstić information content (AvgIpc) is 3.42. The van der Waals surface area contributed by atoms with E-state index in [2.05, 4.69) is 43.8 Å². The Morgan fingerprint density at radius 3 is 2.93 bits per heavy atom. The molecule has 1 fully saturated rings. The predicted octanol–water partition coefficient (Wildman–Crippen LogP) is 2.78. The Hall–Kier alpha value is -3.19. The number of amides is 1. The number of methoxy groups -OCH3 is 1. The number of aromatic nitrogens is 3. The molecule has 0 aromatic carbocycles. The van der Waals surface area contributed by atoms with Gasteiger partial charge in [-0.1, -0.05) is 6.07 Å². The van der Waals surface area contributed by atoms with Crippen LogP contribution in [0.25, 0.3) is 5.82 Å². The predicted molar refractivity (Wildman–Crippen MR) is 114 cm³/mol. The van der Waals surface area contributed by atoms with Crippen molar-refractivity contribution in [2.24, 2.45) is 0 Å². The largest absolute Gasteiger partial charge is 0.383 e. The molecule has 30 heavy (non-hydrogen) atoms. The molecule has 1 amide bonds. The minimum atomic E-state index is -0.322. The fourth-order valence-corrected chi connectivity index (χ4v) is 4.84. The fraction of sp³-hybridized carbons (Fsp3) is 0.348. The van der Waals surface area contributed by atoms with Crippen molar-refractivity contribution in [1.82, 2.24) is 19.4 Å². The number of carbonyl (C=O) groups excluding carboxylic acids is 1. The highest BCUT2D eigenvalue weighted by atomic mass is 16.5. The molecule has 3 aromatic rings. The van der Waals surface area contributed by atoms with E-state index in [9.17, 15) is 4.79 Å². The number of fused-ring (bicyclic) bond motifs is 4. The minimum Gasteiger partial charge on any atom is -0.383 e. The molecule has 7 heteroatoms. The molecule has 0 N–H and O–H groups in total. The summed E-state index contributed by atoms with van der Waals surface area (Å²) in [6.07, 6.45) is 4.72. The van der Waals surface area contributed by atoms with Gasteiger partial charge in [0.1, 0.15) is 11.2 Å². The Kier molecular flexibility index (Phi) is 4.55. The molecule has 5 heterocycles. The number of pyridine rings is 2.